The Morgan fingerprint density at radius 1 is 0.615 bits per heavy atom. The number of phenols is 1. The van der Waals surface area contributed by atoms with Crippen molar-refractivity contribution in [1.82, 2.24) is 0 Å². The van der Waals surface area contributed by atoms with Crippen LogP contribution in [-0.4, -0.2) is 103 Å². The van der Waals surface area contributed by atoms with Gasteiger partial charge in [0.15, 0.2) is 0 Å². The van der Waals surface area contributed by atoms with Gasteiger partial charge >= 0.3 is 29.8 Å². The fourth-order valence-corrected chi connectivity index (χ4v) is 3.89. The summed E-state index contributed by atoms with van der Waals surface area (Å²) in [5.41, 5.74) is 28.1. The Kier molecular flexibility index (Phi) is 30.4. The summed E-state index contributed by atoms with van der Waals surface area (Å²) in [7, 11) is 0. The first-order valence-corrected chi connectivity index (χ1v) is 17.7. The Morgan fingerprint density at radius 3 is 1.31 bits per heavy atom. The van der Waals surface area contributed by atoms with Crippen molar-refractivity contribution in [2.45, 2.75) is 90.0 Å². The molecule has 2 rings (SSSR count). The van der Waals surface area contributed by atoms with Crippen molar-refractivity contribution in [3.8, 4) is 5.75 Å². The second kappa shape index (κ2) is 30.4. The molecule has 2 aromatic carbocycles. The summed E-state index contributed by atoms with van der Waals surface area (Å²) in [6, 6.07) is 11.9. The molecule has 0 unspecified atom stereocenters. The molecule has 0 saturated carbocycles. The molecule has 6 atom stereocenters. The summed E-state index contributed by atoms with van der Waals surface area (Å²) >= 11 is 1.60. The quantitative estimate of drug-likeness (QED) is 0.117. The van der Waals surface area contributed by atoms with Gasteiger partial charge in [-0.15, -0.1) is 0 Å². The maximum absolute atomic E-state index is 10.4. The summed E-state index contributed by atoms with van der Waals surface area (Å²) in [5, 5.41) is 50.9. The minimum atomic E-state index is -1.02. The van der Waals surface area contributed by atoms with Crippen molar-refractivity contribution >= 4 is 41.6 Å². The van der Waals surface area contributed by atoms with E-state index in [0.29, 0.717) is 25.2 Å². The van der Waals surface area contributed by atoms with Crippen LogP contribution in [-0.2, 0) is 36.8 Å². The fraction of sp³-hybridized carbons (Fsp3) is 0.514. The van der Waals surface area contributed by atoms with Crippen LogP contribution in [0.3, 0.4) is 0 Å². The molecule has 0 saturated heterocycles. The molecule has 0 aromatic heterocycles. The molecule has 0 amide bonds. The van der Waals surface area contributed by atoms with Crippen molar-refractivity contribution in [3.05, 3.63) is 65.7 Å². The largest absolute Gasteiger partial charge is 0.508 e. The van der Waals surface area contributed by atoms with Gasteiger partial charge in [-0.05, 0) is 72.8 Å². The van der Waals surface area contributed by atoms with Crippen molar-refractivity contribution in [2.75, 3.05) is 12.0 Å². The fourth-order valence-electron chi connectivity index (χ4n) is 3.40. The van der Waals surface area contributed by atoms with E-state index in [9.17, 15) is 24.0 Å². The molecule has 17 heteroatoms. The van der Waals surface area contributed by atoms with E-state index in [2.05, 4.69) is 0 Å². The van der Waals surface area contributed by atoms with Crippen LogP contribution in [0.2, 0.25) is 0 Å². The van der Waals surface area contributed by atoms with Gasteiger partial charge in [0.25, 0.3) is 0 Å². The summed E-state index contributed by atoms with van der Waals surface area (Å²) in [6.07, 6.45) is 4.50. The molecule has 296 valence electrons. The number of hydrogen-bond donors (Lipinski definition) is 11. The number of nitrogens with two attached hydrogens (primary N) is 5. The summed E-state index contributed by atoms with van der Waals surface area (Å²) in [5.74, 6) is -3.32. The third kappa shape index (κ3) is 29.5. The van der Waals surface area contributed by atoms with Gasteiger partial charge in [-0.2, -0.15) is 11.8 Å². The molecule has 0 aliphatic rings. The van der Waals surface area contributed by atoms with Gasteiger partial charge in [-0.1, -0.05) is 76.6 Å². The average Bonchev–Trinajstić information content (AvgIpc) is 3.08. The first-order valence-electron chi connectivity index (χ1n) is 16.3. The zero-order chi connectivity index (χ0) is 41.0. The zero-order valence-corrected chi connectivity index (χ0v) is 31.3. The number of benzene rings is 2. The van der Waals surface area contributed by atoms with E-state index >= 15 is 0 Å². The van der Waals surface area contributed by atoms with E-state index in [-0.39, 0.29) is 18.1 Å². The number of rotatable bonds is 16. The minimum Gasteiger partial charge on any atom is -0.508 e. The monoisotopic (exact) mass is 757 g/mol. The lowest BCUT2D eigenvalue weighted by molar-refractivity contribution is -0.140. The van der Waals surface area contributed by atoms with Gasteiger partial charge in [0.05, 0.1) is 0 Å². The summed E-state index contributed by atoms with van der Waals surface area (Å²) < 4.78 is 0. The first-order chi connectivity index (χ1) is 24.1. The topological polar surface area (TPSA) is 337 Å². The number of phenolic OH excluding ortho intramolecular Hbond substituents is 1. The van der Waals surface area contributed by atoms with Gasteiger partial charge in [0.1, 0.15) is 36.0 Å². The van der Waals surface area contributed by atoms with E-state index in [1.165, 1.54) is 12.1 Å². The minimum absolute atomic E-state index is 0.0718. The maximum atomic E-state index is 10.4. The van der Waals surface area contributed by atoms with Crippen molar-refractivity contribution < 1.29 is 54.6 Å². The van der Waals surface area contributed by atoms with E-state index in [1.807, 2.05) is 64.3 Å². The predicted molar refractivity (Wildman–Crippen MR) is 202 cm³/mol. The molecule has 0 aliphatic heterocycles. The number of carboxylic acids is 5. The summed E-state index contributed by atoms with van der Waals surface area (Å²) in [6.45, 7) is 7.65. The second-order valence-electron chi connectivity index (χ2n) is 12.0. The lowest BCUT2D eigenvalue weighted by Gasteiger charge is -2.11. The SMILES string of the molecule is CC(C)C[C@H](N)C(=O)O.CC[C@H](C)[C@H](N)C(=O)O.CSCC[C@H](N)C(=O)O.N[C@@H](Cc1ccc(O)cc1)C(=O)O.N[C@@H](Cc1ccccc1)C(=O)O. The van der Waals surface area contributed by atoms with Crippen LogP contribution in [0.5, 0.6) is 5.75 Å². The predicted octanol–water partition coefficient (Wildman–Crippen LogP) is 2.03. The molecule has 0 spiro atoms. The first kappa shape index (κ1) is 52.1. The van der Waals surface area contributed by atoms with Crippen LogP contribution in [0.15, 0.2) is 54.6 Å². The zero-order valence-electron chi connectivity index (χ0n) is 30.5. The number of hydrogen-bond acceptors (Lipinski definition) is 12. The van der Waals surface area contributed by atoms with E-state index in [4.69, 9.17) is 59.3 Å². The van der Waals surface area contributed by atoms with Crippen LogP contribution >= 0.6 is 11.8 Å². The molecule has 2 aromatic rings. The van der Waals surface area contributed by atoms with E-state index in [1.54, 1.807) is 23.9 Å². The highest BCUT2D eigenvalue weighted by atomic mass is 32.2. The smallest absolute Gasteiger partial charge is 0.320 e. The molecule has 0 aliphatic carbocycles. The van der Waals surface area contributed by atoms with Crippen LogP contribution in [0.4, 0.5) is 0 Å². The lowest BCUT2D eigenvalue weighted by atomic mass is 10.0. The standard InChI is InChI=1S/C9H11NO3.C9H11NO2.2C6H13NO2.C5H11NO2S/c10-8(9(12)13)5-6-1-3-7(11)4-2-6;10-8(9(11)12)6-7-4-2-1-3-5-7;1-4(2)3-5(7)6(8)9;1-3-4(2)5(7)6(8)9;1-9-3-2-4(6)5(7)8/h1-4,8,11H,5,10H2,(H,12,13);1-5,8H,6,10H2,(H,11,12);2*4-5H,3,7H2,1-2H3,(H,8,9);4H,2-3,6H2,1H3,(H,7,8)/t2*8-;5-;4-,5-;4-/m00000/s1. The van der Waals surface area contributed by atoms with Gasteiger partial charge in [-0.25, -0.2) is 0 Å². The second-order valence-corrected chi connectivity index (χ2v) is 13.0. The Balaban J connectivity index is -0.000000584. The number of thioether (sulfide) groups is 1. The highest BCUT2D eigenvalue weighted by molar-refractivity contribution is 7.98. The van der Waals surface area contributed by atoms with Crippen molar-refractivity contribution in [3.63, 3.8) is 0 Å². The highest BCUT2D eigenvalue weighted by Crippen LogP contribution is 2.11. The van der Waals surface area contributed by atoms with Gasteiger partial charge in [0.2, 0.25) is 0 Å². The number of carboxylic acid groups (broad SMARTS) is 5. The maximum Gasteiger partial charge on any atom is 0.320 e. The summed E-state index contributed by atoms with van der Waals surface area (Å²) in [4.78, 5) is 51.1. The third-order valence-electron chi connectivity index (χ3n) is 6.86. The molecule has 16 nitrogen and oxygen atoms in total. The van der Waals surface area contributed by atoms with E-state index < -0.39 is 60.1 Å². The number of aromatic hydroxyl groups is 1. The Morgan fingerprint density at radius 2 is 1.02 bits per heavy atom. The van der Waals surface area contributed by atoms with Crippen LogP contribution in [0.25, 0.3) is 0 Å². The molecule has 52 heavy (non-hydrogen) atoms. The Labute approximate surface area is 309 Å². The van der Waals surface area contributed by atoms with Gasteiger partial charge in [-0.3, -0.25) is 24.0 Å². The molecular weight excluding hydrogens is 698 g/mol. The van der Waals surface area contributed by atoms with Gasteiger partial charge in [0, 0.05) is 0 Å². The Hall–Kier alpha value is -4.26. The van der Waals surface area contributed by atoms with Crippen LogP contribution < -0.4 is 28.7 Å². The normalized spacial score (nSPS) is 13.5. The number of aliphatic carboxylic acids is 5. The highest BCUT2D eigenvalue weighted by Gasteiger charge is 2.17. The average molecular weight is 758 g/mol. The van der Waals surface area contributed by atoms with Crippen LogP contribution in [0.1, 0.15) is 58.1 Å². The van der Waals surface area contributed by atoms with Crippen molar-refractivity contribution in [2.24, 2.45) is 40.5 Å². The molecular formula is C35H59N5O11S. The number of carbonyl (C=O) groups is 5. The Bertz CT molecular complexity index is 1290. The molecule has 16 N–H and O–H groups in total. The molecule has 0 heterocycles. The molecule has 0 bridgehead atoms. The lowest BCUT2D eigenvalue weighted by Crippen LogP contribution is -2.36. The molecule has 0 radical (unpaired) electrons. The van der Waals surface area contributed by atoms with Gasteiger partial charge < -0.3 is 59.3 Å². The van der Waals surface area contributed by atoms with Crippen molar-refractivity contribution in [1.29, 1.82) is 0 Å². The third-order valence-corrected chi connectivity index (χ3v) is 7.50. The van der Waals surface area contributed by atoms with E-state index in [0.717, 1.165) is 23.3 Å². The molecule has 0 fully saturated rings. The van der Waals surface area contributed by atoms with Crippen LogP contribution in [0, 0.1) is 11.8 Å².